The lowest BCUT2D eigenvalue weighted by Gasteiger charge is -2.20. The fourth-order valence-corrected chi connectivity index (χ4v) is 1.77. The minimum Gasteiger partial charge on any atom is -0.379 e. The van der Waals surface area contributed by atoms with Crippen molar-refractivity contribution >= 4 is 17.3 Å². The van der Waals surface area contributed by atoms with E-state index in [-0.39, 0.29) is 12.3 Å². The first-order valence-electron chi connectivity index (χ1n) is 5.54. The zero-order valence-corrected chi connectivity index (χ0v) is 9.89. The Morgan fingerprint density at radius 2 is 2.32 bits per heavy atom. The van der Waals surface area contributed by atoms with E-state index in [9.17, 15) is 19.3 Å². The van der Waals surface area contributed by atoms with Crippen molar-refractivity contribution in [1.29, 1.82) is 0 Å². The van der Waals surface area contributed by atoms with E-state index >= 15 is 0 Å². The van der Waals surface area contributed by atoms with Crippen LogP contribution in [-0.4, -0.2) is 29.6 Å². The number of benzene rings is 1. The van der Waals surface area contributed by atoms with Crippen molar-refractivity contribution in [2.24, 2.45) is 5.73 Å². The number of anilines is 1. The maximum absolute atomic E-state index is 13.1. The van der Waals surface area contributed by atoms with Gasteiger partial charge in [0.1, 0.15) is 17.0 Å². The number of carbonyl (C=O) groups is 1. The van der Waals surface area contributed by atoms with Crippen molar-refractivity contribution in [2.75, 3.05) is 18.5 Å². The van der Waals surface area contributed by atoms with Gasteiger partial charge in [-0.1, -0.05) is 0 Å². The summed E-state index contributed by atoms with van der Waals surface area (Å²) < 4.78 is 18.1. The van der Waals surface area contributed by atoms with Gasteiger partial charge in [0.2, 0.25) is 5.91 Å². The maximum Gasteiger partial charge on any atom is 0.292 e. The van der Waals surface area contributed by atoms with Crippen LogP contribution in [0.4, 0.5) is 15.8 Å². The monoisotopic (exact) mass is 269 g/mol. The molecular weight excluding hydrogens is 257 g/mol. The third-order valence-corrected chi connectivity index (χ3v) is 2.91. The number of rotatable bonds is 3. The highest BCUT2D eigenvalue weighted by Crippen LogP contribution is 2.26. The zero-order valence-electron chi connectivity index (χ0n) is 9.89. The van der Waals surface area contributed by atoms with Crippen LogP contribution >= 0.6 is 0 Å². The lowest BCUT2D eigenvalue weighted by Crippen LogP contribution is -2.51. The number of carbonyl (C=O) groups excluding carboxylic acids is 1. The van der Waals surface area contributed by atoms with Gasteiger partial charge in [0.15, 0.2) is 0 Å². The van der Waals surface area contributed by atoms with Gasteiger partial charge in [-0.3, -0.25) is 14.9 Å². The molecule has 0 aliphatic carbocycles. The minimum absolute atomic E-state index is 0.0297. The summed E-state index contributed by atoms with van der Waals surface area (Å²) in [5.74, 6) is -1.31. The SMILES string of the molecule is NC1(C(=O)Nc2cc(F)ccc2[N+](=O)[O-])CCOC1. The van der Waals surface area contributed by atoms with Crippen molar-refractivity contribution in [2.45, 2.75) is 12.0 Å². The van der Waals surface area contributed by atoms with Crippen LogP contribution in [0.25, 0.3) is 0 Å². The molecule has 0 aromatic heterocycles. The summed E-state index contributed by atoms with van der Waals surface area (Å²) in [6.07, 6.45) is 0.307. The molecule has 102 valence electrons. The standard InChI is InChI=1S/C11H12FN3O4/c12-7-1-2-9(15(17)18)8(5-7)14-10(16)11(13)3-4-19-6-11/h1-2,5H,3-4,6,13H2,(H,14,16). The molecule has 1 amide bonds. The van der Waals surface area contributed by atoms with Crippen LogP contribution in [0.2, 0.25) is 0 Å². The van der Waals surface area contributed by atoms with Crippen LogP contribution in [0.1, 0.15) is 6.42 Å². The van der Waals surface area contributed by atoms with Gasteiger partial charge >= 0.3 is 0 Å². The van der Waals surface area contributed by atoms with Gasteiger partial charge in [-0.25, -0.2) is 4.39 Å². The molecule has 7 nitrogen and oxygen atoms in total. The molecule has 1 aliphatic heterocycles. The summed E-state index contributed by atoms with van der Waals surface area (Å²) in [7, 11) is 0. The number of hydrogen-bond acceptors (Lipinski definition) is 5. The van der Waals surface area contributed by atoms with Crippen LogP contribution in [-0.2, 0) is 9.53 Å². The third-order valence-electron chi connectivity index (χ3n) is 2.91. The molecule has 1 unspecified atom stereocenters. The molecule has 1 saturated heterocycles. The van der Waals surface area contributed by atoms with Gasteiger partial charge in [0, 0.05) is 18.7 Å². The number of nitrogens with zero attached hydrogens (tertiary/aromatic N) is 1. The topological polar surface area (TPSA) is 107 Å². The number of ether oxygens (including phenoxy) is 1. The van der Waals surface area contributed by atoms with Crippen LogP contribution in [0.3, 0.4) is 0 Å². The van der Waals surface area contributed by atoms with Crippen molar-refractivity contribution < 1.29 is 18.8 Å². The summed E-state index contributed by atoms with van der Waals surface area (Å²) in [5, 5.41) is 13.1. The van der Waals surface area contributed by atoms with E-state index in [2.05, 4.69) is 5.32 Å². The normalized spacial score (nSPS) is 22.2. The quantitative estimate of drug-likeness (QED) is 0.623. The number of amides is 1. The van der Waals surface area contributed by atoms with E-state index in [1.165, 1.54) is 0 Å². The molecule has 0 radical (unpaired) electrons. The third kappa shape index (κ3) is 2.69. The molecule has 1 aromatic rings. The van der Waals surface area contributed by atoms with Crippen LogP contribution in [0.5, 0.6) is 0 Å². The first-order chi connectivity index (χ1) is 8.92. The van der Waals surface area contributed by atoms with E-state index in [4.69, 9.17) is 10.5 Å². The summed E-state index contributed by atoms with van der Waals surface area (Å²) in [5.41, 5.74) is 3.97. The second kappa shape index (κ2) is 4.90. The van der Waals surface area contributed by atoms with Gasteiger partial charge in [0.25, 0.3) is 5.69 Å². The van der Waals surface area contributed by atoms with Crippen LogP contribution in [0.15, 0.2) is 18.2 Å². The Morgan fingerprint density at radius 1 is 1.58 bits per heavy atom. The van der Waals surface area contributed by atoms with E-state index in [1.54, 1.807) is 0 Å². The van der Waals surface area contributed by atoms with Gasteiger partial charge in [0.05, 0.1) is 11.5 Å². The Labute approximate surface area is 107 Å². The van der Waals surface area contributed by atoms with Crippen LogP contribution < -0.4 is 11.1 Å². The minimum atomic E-state index is -1.24. The average Bonchev–Trinajstić information content (AvgIpc) is 2.77. The lowest BCUT2D eigenvalue weighted by atomic mass is 9.99. The second-order valence-corrected chi connectivity index (χ2v) is 4.33. The molecule has 8 heteroatoms. The van der Waals surface area contributed by atoms with Gasteiger partial charge in [-0.15, -0.1) is 0 Å². The van der Waals surface area contributed by atoms with E-state index in [1.807, 2.05) is 0 Å². The van der Waals surface area contributed by atoms with E-state index in [0.29, 0.717) is 13.0 Å². The number of nitro benzene ring substituents is 1. The highest BCUT2D eigenvalue weighted by atomic mass is 19.1. The number of nitrogens with one attached hydrogen (secondary N) is 1. The molecule has 1 aliphatic rings. The molecule has 3 N–H and O–H groups in total. The lowest BCUT2D eigenvalue weighted by molar-refractivity contribution is -0.384. The number of nitro groups is 1. The smallest absolute Gasteiger partial charge is 0.292 e. The molecule has 1 atom stereocenters. The molecule has 1 fully saturated rings. The molecule has 0 bridgehead atoms. The zero-order chi connectivity index (χ0) is 14.0. The number of hydrogen-bond donors (Lipinski definition) is 2. The molecular formula is C11H12FN3O4. The second-order valence-electron chi connectivity index (χ2n) is 4.33. The molecule has 0 spiro atoms. The molecule has 1 aromatic carbocycles. The fraction of sp³-hybridized carbons (Fsp3) is 0.364. The Morgan fingerprint density at radius 3 is 2.89 bits per heavy atom. The average molecular weight is 269 g/mol. The Hall–Kier alpha value is -2.06. The van der Waals surface area contributed by atoms with Crippen molar-refractivity contribution in [3.8, 4) is 0 Å². The molecule has 19 heavy (non-hydrogen) atoms. The van der Waals surface area contributed by atoms with Crippen molar-refractivity contribution in [3.05, 3.63) is 34.1 Å². The first kappa shape index (κ1) is 13.4. The molecule has 1 heterocycles. The number of halogens is 1. The highest BCUT2D eigenvalue weighted by molar-refractivity contribution is 5.99. The number of nitrogens with two attached hydrogens (primary N) is 1. The maximum atomic E-state index is 13.1. The van der Waals surface area contributed by atoms with Crippen LogP contribution in [0, 0.1) is 15.9 Å². The highest BCUT2D eigenvalue weighted by Gasteiger charge is 2.39. The van der Waals surface area contributed by atoms with Gasteiger partial charge in [-0.05, 0) is 12.5 Å². The summed E-state index contributed by atoms with van der Waals surface area (Å²) >= 11 is 0. The van der Waals surface area contributed by atoms with Gasteiger partial charge < -0.3 is 15.8 Å². The fourth-order valence-electron chi connectivity index (χ4n) is 1.77. The van der Waals surface area contributed by atoms with Gasteiger partial charge in [-0.2, -0.15) is 0 Å². The first-order valence-corrected chi connectivity index (χ1v) is 5.54. The van der Waals surface area contributed by atoms with E-state index < -0.39 is 27.9 Å². The largest absolute Gasteiger partial charge is 0.379 e. The van der Waals surface area contributed by atoms with Crippen molar-refractivity contribution in [1.82, 2.24) is 0 Å². The molecule has 2 rings (SSSR count). The summed E-state index contributed by atoms with van der Waals surface area (Å²) in [4.78, 5) is 22.0. The summed E-state index contributed by atoms with van der Waals surface area (Å²) in [6, 6.07) is 2.82. The predicted octanol–water partition coefficient (Wildman–Crippen LogP) is 0.790. The Kier molecular flexibility index (Phi) is 3.45. The predicted molar refractivity (Wildman–Crippen MR) is 64.0 cm³/mol. The Balaban J connectivity index is 2.25. The summed E-state index contributed by atoms with van der Waals surface area (Å²) in [6.45, 7) is 0.372. The molecule has 0 saturated carbocycles. The van der Waals surface area contributed by atoms with Crippen molar-refractivity contribution in [3.63, 3.8) is 0 Å². The Bertz CT molecular complexity index is 529. The van der Waals surface area contributed by atoms with E-state index in [0.717, 1.165) is 18.2 Å².